The molecule has 0 heterocycles. The van der Waals surface area contributed by atoms with Gasteiger partial charge in [-0.25, -0.2) is 26.5 Å². The number of carbonyl (C=O) groups is 3. The number of benzene rings is 3. The van der Waals surface area contributed by atoms with Crippen LogP contribution < -0.4 is 10.7 Å². The van der Waals surface area contributed by atoms with Crippen LogP contribution in [0.25, 0.3) is 0 Å². The van der Waals surface area contributed by atoms with Gasteiger partial charge in [0.1, 0.15) is 11.6 Å². The maximum absolute atomic E-state index is 14.2. The lowest BCUT2D eigenvalue weighted by atomic mass is 9.99. The minimum Gasteiger partial charge on any atom is -0.390 e. The van der Waals surface area contributed by atoms with Gasteiger partial charge in [-0.05, 0) is 67.1 Å². The molecule has 0 saturated carbocycles. The second-order valence-electron chi connectivity index (χ2n) is 12.6. The van der Waals surface area contributed by atoms with Crippen molar-refractivity contribution in [3.63, 3.8) is 0 Å². The highest BCUT2D eigenvalue weighted by Crippen LogP contribution is 2.21. The van der Waals surface area contributed by atoms with E-state index in [-0.39, 0.29) is 46.9 Å². The van der Waals surface area contributed by atoms with Crippen molar-refractivity contribution in [2.75, 3.05) is 40.3 Å². The number of nitrogens with zero attached hydrogens (tertiary/aromatic N) is 3. The number of hydrogen-bond acceptors (Lipinski definition) is 7. The van der Waals surface area contributed by atoms with Crippen molar-refractivity contribution in [1.82, 2.24) is 25.0 Å². The van der Waals surface area contributed by atoms with Gasteiger partial charge in [0, 0.05) is 57.5 Å². The lowest BCUT2D eigenvalue weighted by molar-refractivity contribution is -0.126. The number of amides is 3. The van der Waals surface area contributed by atoms with Gasteiger partial charge in [-0.3, -0.25) is 19.8 Å². The highest BCUT2D eigenvalue weighted by Gasteiger charge is 2.28. The van der Waals surface area contributed by atoms with Crippen LogP contribution in [-0.4, -0.2) is 97.9 Å². The summed E-state index contributed by atoms with van der Waals surface area (Å²) in [4.78, 5) is 41.7. The first-order chi connectivity index (χ1) is 24.2. The molecule has 2 atom stereocenters. The fourth-order valence-electron chi connectivity index (χ4n) is 5.58. The number of rotatable bonds is 19. The maximum Gasteiger partial charge on any atom is 0.253 e. The van der Waals surface area contributed by atoms with Gasteiger partial charge >= 0.3 is 0 Å². The first-order valence-electron chi connectivity index (χ1n) is 17.1. The van der Waals surface area contributed by atoms with E-state index < -0.39 is 45.6 Å². The molecule has 14 heteroatoms. The van der Waals surface area contributed by atoms with Gasteiger partial charge in [0.2, 0.25) is 15.9 Å². The molecule has 51 heavy (non-hydrogen) atoms. The molecule has 3 rings (SSSR count). The maximum atomic E-state index is 14.2. The van der Waals surface area contributed by atoms with E-state index in [0.717, 1.165) is 28.1 Å². The molecule has 0 bridgehead atoms. The summed E-state index contributed by atoms with van der Waals surface area (Å²) in [5.74, 6) is -3.30. The van der Waals surface area contributed by atoms with E-state index in [9.17, 15) is 36.7 Å². The molecule has 0 saturated heterocycles. The first kappa shape index (κ1) is 41.2. The van der Waals surface area contributed by atoms with Crippen molar-refractivity contribution in [2.24, 2.45) is 0 Å². The van der Waals surface area contributed by atoms with Crippen LogP contribution in [0.4, 0.5) is 8.78 Å². The molecule has 0 radical (unpaired) electrons. The number of halogens is 2. The third kappa shape index (κ3) is 12.2. The number of aliphatic hydroxyl groups is 1. The number of sulfonamides is 1. The van der Waals surface area contributed by atoms with Crippen molar-refractivity contribution in [1.29, 1.82) is 0 Å². The molecule has 0 fully saturated rings. The topological polar surface area (TPSA) is 139 Å². The highest BCUT2D eigenvalue weighted by molar-refractivity contribution is 7.89. The van der Waals surface area contributed by atoms with Gasteiger partial charge in [-0.15, -0.1) is 0 Å². The molecule has 0 spiro atoms. The molecule has 0 aliphatic carbocycles. The summed E-state index contributed by atoms with van der Waals surface area (Å²) in [5, 5.41) is 15.8. The summed E-state index contributed by atoms with van der Waals surface area (Å²) in [7, 11) is -1.44. The minimum atomic E-state index is -4.10. The average molecular weight is 730 g/mol. The van der Waals surface area contributed by atoms with Crippen LogP contribution in [-0.2, 0) is 27.7 Å². The molecule has 0 aliphatic rings. The molecule has 0 aliphatic heterocycles. The van der Waals surface area contributed by atoms with Gasteiger partial charge in [0.05, 0.1) is 23.5 Å². The zero-order chi connectivity index (χ0) is 37.7. The average Bonchev–Trinajstić information content (AvgIpc) is 3.07. The summed E-state index contributed by atoms with van der Waals surface area (Å²) >= 11 is 0. The summed E-state index contributed by atoms with van der Waals surface area (Å²) in [6.07, 6.45) is 0.404. The molecule has 278 valence electrons. The lowest BCUT2D eigenvalue weighted by Crippen LogP contribution is -2.53. The van der Waals surface area contributed by atoms with Crippen molar-refractivity contribution < 1.29 is 36.7 Å². The van der Waals surface area contributed by atoms with E-state index in [0.29, 0.717) is 45.0 Å². The van der Waals surface area contributed by atoms with Crippen LogP contribution in [0.5, 0.6) is 0 Å². The molecule has 3 aromatic carbocycles. The molecule has 11 nitrogen and oxygen atoms in total. The Bertz CT molecular complexity index is 1720. The van der Waals surface area contributed by atoms with Crippen LogP contribution in [0.15, 0.2) is 71.6 Å². The van der Waals surface area contributed by atoms with Crippen molar-refractivity contribution >= 4 is 27.7 Å². The zero-order valence-corrected chi connectivity index (χ0v) is 30.7. The van der Waals surface area contributed by atoms with E-state index in [4.69, 9.17) is 0 Å². The van der Waals surface area contributed by atoms with E-state index in [1.54, 1.807) is 4.90 Å². The first-order valence-corrected chi connectivity index (χ1v) is 18.5. The fourth-order valence-corrected chi connectivity index (χ4v) is 6.55. The predicted octanol–water partition coefficient (Wildman–Crippen LogP) is 4.17. The Kier molecular flexibility index (Phi) is 15.7. The molecule has 3 aromatic rings. The number of carbonyl (C=O) groups excluding carboxylic acids is 3. The summed E-state index contributed by atoms with van der Waals surface area (Å²) < 4.78 is 55.9. The van der Waals surface area contributed by atoms with Gasteiger partial charge in [-0.2, -0.15) is 0 Å². The van der Waals surface area contributed by atoms with Crippen LogP contribution in [0.1, 0.15) is 71.9 Å². The standard InChI is InChI=1S/C37H49F2N5O6S/c1-6-14-43(15-7-2)37(48)29-21-28(22-32(23-29)51(49,50)42(4)5)36(47)40-33(19-27-17-30(38)24-31(39)18-27)34(45)25-44(16-8-3)41-35(46)20-26-12-10-9-11-13-26/h9-13,17-18,21-24,33-34,45H,6-8,14-16,19-20,25H2,1-5H3,(H,40,47)(H,41,46). The highest BCUT2D eigenvalue weighted by atomic mass is 32.2. The molecule has 2 unspecified atom stereocenters. The normalized spacial score (nSPS) is 12.8. The third-order valence-electron chi connectivity index (χ3n) is 8.02. The molecule has 0 aromatic heterocycles. The van der Waals surface area contributed by atoms with E-state index >= 15 is 0 Å². The van der Waals surface area contributed by atoms with Crippen LogP contribution in [0, 0.1) is 11.6 Å². The fraction of sp³-hybridized carbons (Fsp3) is 0.432. The van der Waals surface area contributed by atoms with Crippen molar-refractivity contribution in [3.8, 4) is 0 Å². The quantitative estimate of drug-likeness (QED) is 0.158. The van der Waals surface area contributed by atoms with E-state index in [1.165, 1.54) is 31.2 Å². The Hall–Kier alpha value is -4.24. The van der Waals surface area contributed by atoms with E-state index in [2.05, 4.69) is 10.7 Å². The summed E-state index contributed by atoms with van der Waals surface area (Å²) in [6.45, 7) is 6.73. The summed E-state index contributed by atoms with van der Waals surface area (Å²) in [6, 6.07) is 14.4. The van der Waals surface area contributed by atoms with E-state index in [1.807, 2.05) is 51.1 Å². The third-order valence-corrected chi connectivity index (χ3v) is 9.81. The summed E-state index contributed by atoms with van der Waals surface area (Å²) in [5.41, 5.74) is 3.54. The Morgan fingerprint density at radius 3 is 1.96 bits per heavy atom. The van der Waals surface area contributed by atoms with Crippen LogP contribution in [0.3, 0.4) is 0 Å². The Labute approximate surface area is 299 Å². The van der Waals surface area contributed by atoms with Gasteiger partial charge in [0.15, 0.2) is 0 Å². The van der Waals surface area contributed by atoms with Gasteiger partial charge in [0.25, 0.3) is 11.8 Å². The smallest absolute Gasteiger partial charge is 0.253 e. The zero-order valence-electron chi connectivity index (χ0n) is 29.9. The Balaban J connectivity index is 1.99. The lowest BCUT2D eigenvalue weighted by Gasteiger charge is -2.30. The minimum absolute atomic E-state index is 0.00970. The number of aliphatic hydroxyl groups excluding tert-OH is 1. The second-order valence-corrected chi connectivity index (χ2v) is 14.8. The molecule has 3 amide bonds. The second kappa shape index (κ2) is 19.4. The number of hydrogen-bond donors (Lipinski definition) is 3. The van der Waals surface area contributed by atoms with Gasteiger partial charge in [-0.1, -0.05) is 51.1 Å². The molecular formula is C37H49F2N5O6S. The SMILES string of the molecule is CCCN(CC(O)C(Cc1cc(F)cc(F)c1)NC(=O)c1cc(C(=O)N(CCC)CCC)cc(S(=O)(=O)N(C)C)c1)NC(=O)Cc1ccccc1. The predicted molar refractivity (Wildman–Crippen MR) is 191 cm³/mol. The van der Waals surface area contributed by atoms with Gasteiger partial charge < -0.3 is 15.3 Å². The van der Waals surface area contributed by atoms with Crippen molar-refractivity contribution in [2.45, 2.75) is 69.9 Å². The van der Waals surface area contributed by atoms with Crippen LogP contribution in [0.2, 0.25) is 0 Å². The monoisotopic (exact) mass is 729 g/mol. The number of nitrogens with one attached hydrogen (secondary N) is 2. The van der Waals surface area contributed by atoms with Crippen molar-refractivity contribution in [3.05, 3.63) is 101 Å². The number of hydrazine groups is 1. The largest absolute Gasteiger partial charge is 0.390 e. The Morgan fingerprint density at radius 2 is 1.39 bits per heavy atom. The molecule has 3 N–H and O–H groups in total. The molecular weight excluding hydrogens is 680 g/mol. The van der Waals surface area contributed by atoms with Crippen LogP contribution >= 0.6 is 0 Å². The Morgan fingerprint density at radius 1 is 0.804 bits per heavy atom.